The van der Waals surface area contributed by atoms with Gasteiger partial charge in [-0.1, -0.05) is 46.9 Å². The maximum Gasteiger partial charge on any atom is 0.266 e. The largest absolute Gasteiger partial charge is 0.321 e. The van der Waals surface area contributed by atoms with E-state index in [0.717, 1.165) is 5.56 Å². The third-order valence-corrected chi connectivity index (χ3v) is 4.20. The molecule has 0 heterocycles. The highest BCUT2D eigenvalue weighted by Gasteiger charge is 2.10. The molecule has 0 aliphatic carbocycles. The van der Waals surface area contributed by atoms with E-state index in [1.165, 1.54) is 6.08 Å². The van der Waals surface area contributed by atoms with E-state index >= 15 is 0 Å². The molecule has 0 radical (unpaired) electrons. The van der Waals surface area contributed by atoms with E-state index < -0.39 is 5.91 Å². The molecule has 0 aromatic heterocycles. The fourth-order valence-electron chi connectivity index (χ4n) is 1.79. The van der Waals surface area contributed by atoms with Gasteiger partial charge in [0.25, 0.3) is 5.91 Å². The van der Waals surface area contributed by atoms with Crippen molar-refractivity contribution >= 4 is 52.5 Å². The topological polar surface area (TPSA) is 52.9 Å². The predicted molar refractivity (Wildman–Crippen MR) is 94.9 cm³/mol. The zero-order valence-electron chi connectivity index (χ0n) is 12.0. The lowest BCUT2D eigenvalue weighted by Crippen LogP contribution is -2.13. The maximum atomic E-state index is 12.2. The van der Waals surface area contributed by atoms with Crippen LogP contribution in [0.25, 0.3) is 6.08 Å². The molecule has 0 aliphatic rings. The van der Waals surface area contributed by atoms with Crippen molar-refractivity contribution in [2.24, 2.45) is 0 Å². The first kappa shape index (κ1) is 17.4. The van der Waals surface area contributed by atoms with Gasteiger partial charge in [0.1, 0.15) is 11.6 Å². The molecule has 0 unspecified atom stereocenters. The van der Waals surface area contributed by atoms with Gasteiger partial charge in [-0.15, -0.1) is 0 Å². The van der Waals surface area contributed by atoms with Gasteiger partial charge in [0, 0.05) is 10.7 Å². The number of nitriles is 1. The van der Waals surface area contributed by atoms with Gasteiger partial charge >= 0.3 is 0 Å². The minimum absolute atomic E-state index is 0.0555. The Kier molecular flexibility index (Phi) is 5.68. The highest BCUT2D eigenvalue weighted by Crippen LogP contribution is 2.24. The first-order chi connectivity index (χ1) is 10.9. The number of rotatable bonds is 3. The number of amides is 1. The summed E-state index contributed by atoms with van der Waals surface area (Å²) in [4.78, 5) is 12.2. The van der Waals surface area contributed by atoms with Gasteiger partial charge in [-0.05, 0) is 48.4 Å². The van der Waals surface area contributed by atoms with Crippen LogP contribution in [0.3, 0.4) is 0 Å². The van der Waals surface area contributed by atoms with Gasteiger partial charge in [-0.25, -0.2) is 0 Å². The highest BCUT2D eigenvalue weighted by atomic mass is 35.5. The molecule has 0 atom stereocenters. The minimum atomic E-state index is -0.529. The maximum absolute atomic E-state index is 12.2. The van der Waals surface area contributed by atoms with Gasteiger partial charge in [0.2, 0.25) is 0 Å². The number of carbonyl (C=O) groups is 1. The first-order valence-electron chi connectivity index (χ1n) is 6.55. The van der Waals surface area contributed by atoms with Crippen LogP contribution in [0, 0.1) is 18.3 Å². The first-order valence-corrected chi connectivity index (χ1v) is 7.68. The smallest absolute Gasteiger partial charge is 0.266 e. The van der Waals surface area contributed by atoms with Crippen molar-refractivity contribution in [3.63, 3.8) is 0 Å². The molecular weight excluding hydrogens is 355 g/mol. The lowest BCUT2D eigenvalue weighted by Gasteiger charge is -2.06. The minimum Gasteiger partial charge on any atom is -0.321 e. The Balaban J connectivity index is 2.24. The molecule has 0 saturated carbocycles. The van der Waals surface area contributed by atoms with E-state index in [9.17, 15) is 10.1 Å². The number of halogens is 3. The van der Waals surface area contributed by atoms with Crippen molar-refractivity contribution in [3.05, 3.63) is 68.2 Å². The summed E-state index contributed by atoms with van der Waals surface area (Å²) in [6.07, 6.45) is 1.44. The van der Waals surface area contributed by atoms with E-state index in [1.54, 1.807) is 36.4 Å². The van der Waals surface area contributed by atoms with E-state index in [4.69, 9.17) is 34.8 Å². The van der Waals surface area contributed by atoms with Crippen LogP contribution in [0.1, 0.15) is 11.1 Å². The molecule has 0 aliphatic heterocycles. The predicted octanol–water partition coefficient (Wildman–Crippen LogP) is 5.50. The van der Waals surface area contributed by atoms with E-state index in [0.29, 0.717) is 26.3 Å². The number of aryl methyl sites for hydroxylation is 1. The van der Waals surface area contributed by atoms with Crippen molar-refractivity contribution in [1.29, 1.82) is 5.26 Å². The Morgan fingerprint density at radius 3 is 2.43 bits per heavy atom. The molecular formula is C17H11Cl3N2O. The van der Waals surface area contributed by atoms with E-state index in [1.807, 2.05) is 13.0 Å². The second-order valence-corrected chi connectivity index (χ2v) is 5.98. The summed E-state index contributed by atoms with van der Waals surface area (Å²) < 4.78 is 0. The molecule has 0 bridgehead atoms. The molecule has 6 heteroatoms. The van der Waals surface area contributed by atoms with Crippen molar-refractivity contribution in [3.8, 4) is 6.07 Å². The average Bonchev–Trinajstić information content (AvgIpc) is 2.52. The second kappa shape index (κ2) is 7.52. The lowest BCUT2D eigenvalue weighted by molar-refractivity contribution is -0.112. The molecule has 1 N–H and O–H groups in total. The van der Waals surface area contributed by atoms with Crippen LogP contribution in [0.15, 0.2) is 42.0 Å². The summed E-state index contributed by atoms with van der Waals surface area (Å²) in [5.74, 6) is -0.529. The normalized spacial score (nSPS) is 11.0. The second-order valence-electron chi connectivity index (χ2n) is 4.76. The molecule has 2 rings (SSSR count). The van der Waals surface area contributed by atoms with Crippen LogP contribution in [-0.2, 0) is 4.79 Å². The SMILES string of the molecule is Cc1ccc(NC(=O)/C(C#N)=C\c2ccc(Cl)c(Cl)c2)cc1Cl. The Bertz CT molecular complexity index is 838. The summed E-state index contributed by atoms with van der Waals surface area (Å²) in [5, 5.41) is 13.1. The third-order valence-electron chi connectivity index (χ3n) is 3.05. The number of nitrogens with zero attached hydrogens (tertiary/aromatic N) is 1. The van der Waals surface area contributed by atoms with Gasteiger partial charge in [0.15, 0.2) is 0 Å². The quantitative estimate of drug-likeness (QED) is 0.576. The van der Waals surface area contributed by atoms with Gasteiger partial charge in [-0.2, -0.15) is 5.26 Å². The molecule has 23 heavy (non-hydrogen) atoms. The Hall–Kier alpha value is -1.99. The molecule has 2 aromatic rings. The van der Waals surface area contributed by atoms with Crippen molar-refractivity contribution in [1.82, 2.24) is 0 Å². The van der Waals surface area contributed by atoms with Gasteiger partial charge in [0.05, 0.1) is 10.0 Å². The fraction of sp³-hybridized carbons (Fsp3) is 0.0588. The zero-order valence-corrected chi connectivity index (χ0v) is 14.3. The molecule has 2 aromatic carbocycles. The molecule has 0 spiro atoms. The average molecular weight is 366 g/mol. The number of hydrogen-bond acceptors (Lipinski definition) is 2. The number of hydrogen-bond donors (Lipinski definition) is 1. The summed E-state index contributed by atoms with van der Waals surface area (Å²) in [6.45, 7) is 1.86. The summed E-state index contributed by atoms with van der Waals surface area (Å²) >= 11 is 17.8. The van der Waals surface area contributed by atoms with Crippen LogP contribution in [0.5, 0.6) is 0 Å². The number of benzene rings is 2. The number of nitrogens with one attached hydrogen (secondary N) is 1. The number of carbonyl (C=O) groups excluding carboxylic acids is 1. The van der Waals surface area contributed by atoms with Crippen LogP contribution < -0.4 is 5.32 Å². The van der Waals surface area contributed by atoms with Gasteiger partial charge in [-0.3, -0.25) is 4.79 Å². The Morgan fingerprint density at radius 2 is 1.83 bits per heavy atom. The third kappa shape index (κ3) is 4.49. The zero-order chi connectivity index (χ0) is 17.0. The lowest BCUT2D eigenvalue weighted by atomic mass is 10.1. The van der Waals surface area contributed by atoms with Crippen LogP contribution in [-0.4, -0.2) is 5.91 Å². The monoisotopic (exact) mass is 364 g/mol. The molecule has 0 fully saturated rings. The molecule has 0 saturated heterocycles. The number of anilines is 1. The van der Waals surface area contributed by atoms with Crippen molar-refractivity contribution in [2.75, 3.05) is 5.32 Å². The van der Waals surface area contributed by atoms with E-state index in [-0.39, 0.29) is 5.57 Å². The standard InChI is InChI=1S/C17H11Cl3N2O/c1-10-2-4-13(8-15(10)19)22-17(23)12(9-21)6-11-3-5-14(18)16(20)7-11/h2-8H,1H3,(H,22,23)/b12-6-. The van der Waals surface area contributed by atoms with Crippen molar-refractivity contribution < 1.29 is 4.79 Å². The Labute approximate surface area is 149 Å². The van der Waals surface area contributed by atoms with Gasteiger partial charge < -0.3 is 5.32 Å². The summed E-state index contributed by atoms with van der Waals surface area (Å²) in [5.41, 5.74) is 1.96. The summed E-state index contributed by atoms with van der Waals surface area (Å²) in [7, 11) is 0. The van der Waals surface area contributed by atoms with Crippen molar-refractivity contribution in [2.45, 2.75) is 6.92 Å². The van der Waals surface area contributed by atoms with Crippen LogP contribution >= 0.6 is 34.8 Å². The fourth-order valence-corrected chi connectivity index (χ4v) is 2.27. The highest BCUT2D eigenvalue weighted by molar-refractivity contribution is 6.42. The van der Waals surface area contributed by atoms with E-state index in [2.05, 4.69) is 5.32 Å². The molecule has 116 valence electrons. The van der Waals surface area contributed by atoms with Crippen LogP contribution in [0.2, 0.25) is 15.1 Å². The molecule has 3 nitrogen and oxygen atoms in total. The van der Waals surface area contributed by atoms with Crippen LogP contribution in [0.4, 0.5) is 5.69 Å². The summed E-state index contributed by atoms with van der Waals surface area (Å²) in [6, 6.07) is 11.8. The Morgan fingerprint density at radius 1 is 1.09 bits per heavy atom. The molecule has 1 amide bonds.